The van der Waals surface area contributed by atoms with Gasteiger partial charge in [0.05, 0.1) is 0 Å². The Morgan fingerprint density at radius 3 is 2.00 bits per heavy atom. The number of halogens is 3. The number of ether oxygens (including phenoxy) is 3. The average molecular weight is 494 g/mol. The maximum Gasteiger partial charge on any atom is 0.509 e. The van der Waals surface area contributed by atoms with Crippen LogP contribution in [0.2, 0.25) is 0 Å². The van der Waals surface area contributed by atoms with Gasteiger partial charge in [-0.15, -0.1) is 0 Å². The highest BCUT2D eigenvalue weighted by Gasteiger charge is 2.41. The van der Waals surface area contributed by atoms with Crippen molar-refractivity contribution >= 4 is 18.0 Å². The summed E-state index contributed by atoms with van der Waals surface area (Å²) in [7, 11) is 0. The van der Waals surface area contributed by atoms with Crippen molar-refractivity contribution in [2.75, 3.05) is 0 Å². The Labute approximate surface area is 200 Å². The number of nitrogens with one attached hydrogen (secondary N) is 1. The van der Waals surface area contributed by atoms with Gasteiger partial charge >= 0.3 is 24.2 Å². The highest BCUT2D eigenvalue weighted by Crippen LogP contribution is 2.17. The lowest BCUT2D eigenvalue weighted by atomic mass is 10.1. The van der Waals surface area contributed by atoms with Crippen LogP contribution in [0.5, 0.6) is 0 Å². The third-order valence-electron chi connectivity index (χ3n) is 3.95. The summed E-state index contributed by atoms with van der Waals surface area (Å²) in [6.07, 6.45) is 2.95. The van der Waals surface area contributed by atoms with Gasteiger partial charge in [-0.2, -0.15) is 13.2 Å². The number of hydrogen-bond acceptors (Lipinski definition) is 6. The molecule has 7 nitrogen and oxygen atoms in total. The molecular weight excluding hydrogens is 455 g/mol. The second-order valence-electron chi connectivity index (χ2n) is 9.70. The molecule has 0 rings (SSSR count). The third-order valence-corrected chi connectivity index (χ3v) is 3.95. The SMILES string of the molecule is C/C=C\C(CCCC/C=C/CC(NC(=O)C(F)(F)F)C(=O)OC(C)(C)C)OC(=O)OC(C)(C)C. The van der Waals surface area contributed by atoms with E-state index < -0.39 is 47.6 Å². The van der Waals surface area contributed by atoms with Gasteiger partial charge in [-0.25, -0.2) is 9.59 Å². The molecule has 2 unspecified atom stereocenters. The van der Waals surface area contributed by atoms with Crippen molar-refractivity contribution in [2.24, 2.45) is 0 Å². The van der Waals surface area contributed by atoms with E-state index in [1.165, 1.54) is 6.08 Å². The zero-order valence-electron chi connectivity index (χ0n) is 21.1. The Kier molecular flexibility index (Phi) is 13.0. The zero-order chi connectivity index (χ0) is 26.6. The van der Waals surface area contributed by atoms with Crippen LogP contribution >= 0.6 is 0 Å². The van der Waals surface area contributed by atoms with Crippen LogP contribution in [0, 0.1) is 0 Å². The van der Waals surface area contributed by atoms with Gasteiger partial charge in [-0.05, 0) is 86.6 Å². The highest BCUT2D eigenvalue weighted by atomic mass is 19.4. The fraction of sp³-hybridized carbons (Fsp3) is 0.708. The van der Waals surface area contributed by atoms with Crippen molar-refractivity contribution in [1.82, 2.24) is 5.32 Å². The van der Waals surface area contributed by atoms with Crippen molar-refractivity contribution in [1.29, 1.82) is 0 Å². The molecule has 1 N–H and O–H groups in total. The molecule has 0 aliphatic carbocycles. The van der Waals surface area contributed by atoms with E-state index in [0.29, 0.717) is 25.7 Å². The van der Waals surface area contributed by atoms with Gasteiger partial charge in [0.1, 0.15) is 23.3 Å². The summed E-state index contributed by atoms with van der Waals surface area (Å²) in [6, 6.07) is -1.45. The van der Waals surface area contributed by atoms with Crippen molar-refractivity contribution in [3.05, 3.63) is 24.3 Å². The summed E-state index contributed by atoms with van der Waals surface area (Å²) >= 11 is 0. The van der Waals surface area contributed by atoms with Crippen LogP contribution in [0.25, 0.3) is 0 Å². The molecule has 0 heterocycles. The quantitative estimate of drug-likeness (QED) is 0.223. The predicted molar refractivity (Wildman–Crippen MR) is 122 cm³/mol. The molecule has 0 aromatic rings. The van der Waals surface area contributed by atoms with Crippen LogP contribution in [0.15, 0.2) is 24.3 Å². The molecule has 0 aromatic heterocycles. The largest absolute Gasteiger partial charge is 0.509 e. The summed E-state index contributed by atoms with van der Waals surface area (Å²) in [6.45, 7) is 11.8. The van der Waals surface area contributed by atoms with E-state index >= 15 is 0 Å². The number of esters is 1. The van der Waals surface area contributed by atoms with Crippen LogP contribution in [0.3, 0.4) is 0 Å². The summed E-state index contributed by atoms with van der Waals surface area (Å²) in [5.74, 6) is -3.14. The number of alkyl halides is 3. The molecule has 0 spiro atoms. The van der Waals surface area contributed by atoms with Gasteiger partial charge in [-0.3, -0.25) is 4.79 Å². The maximum atomic E-state index is 12.6. The lowest BCUT2D eigenvalue weighted by molar-refractivity contribution is -0.177. The first-order valence-corrected chi connectivity index (χ1v) is 11.2. The molecule has 196 valence electrons. The standard InChI is InChI=1S/C24H38F3NO6/c1-8-14-17(32-21(31)34-23(5,6)7)15-12-10-9-11-13-16-18(19(29)33-22(2,3)4)28-20(30)24(25,26)27/h8,11,13-14,17-18H,9-10,12,15-16H2,1-7H3,(H,28,30)/b13-11+,14-8-. The summed E-state index contributed by atoms with van der Waals surface area (Å²) < 4.78 is 53.3. The second-order valence-corrected chi connectivity index (χ2v) is 9.70. The van der Waals surface area contributed by atoms with Crippen LogP contribution in [-0.4, -0.2) is 47.6 Å². The van der Waals surface area contributed by atoms with E-state index in [1.807, 2.05) is 6.92 Å². The van der Waals surface area contributed by atoms with Crippen LogP contribution in [0.4, 0.5) is 18.0 Å². The third kappa shape index (κ3) is 16.1. The highest BCUT2D eigenvalue weighted by molar-refractivity contribution is 5.87. The van der Waals surface area contributed by atoms with E-state index in [0.717, 1.165) is 0 Å². The predicted octanol–water partition coefficient (Wildman–Crippen LogP) is 5.78. The lowest BCUT2D eigenvalue weighted by Gasteiger charge is -2.24. The van der Waals surface area contributed by atoms with Gasteiger partial charge in [0.2, 0.25) is 0 Å². The monoisotopic (exact) mass is 493 g/mol. The summed E-state index contributed by atoms with van der Waals surface area (Å²) in [5, 5.41) is 1.69. The lowest BCUT2D eigenvalue weighted by Crippen LogP contribution is -2.48. The summed E-state index contributed by atoms with van der Waals surface area (Å²) in [5.41, 5.74) is -1.56. The molecule has 1 amide bonds. The Morgan fingerprint density at radius 1 is 0.912 bits per heavy atom. The van der Waals surface area contributed by atoms with Crippen molar-refractivity contribution in [3.63, 3.8) is 0 Å². The van der Waals surface area contributed by atoms with Gasteiger partial charge in [0.15, 0.2) is 0 Å². The molecule has 34 heavy (non-hydrogen) atoms. The van der Waals surface area contributed by atoms with Crippen LogP contribution in [0.1, 0.15) is 80.6 Å². The molecule has 0 bridgehead atoms. The van der Waals surface area contributed by atoms with E-state index in [9.17, 15) is 27.6 Å². The smallest absolute Gasteiger partial charge is 0.458 e. The molecule has 0 aliphatic heterocycles. The maximum absolute atomic E-state index is 12.6. The van der Waals surface area contributed by atoms with Gasteiger partial charge in [0, 0.05) is 0 Å². The molecule has 0 saturated heterocycles. The minimum absolute atomic E-state index is 0.139. The molecule has 0 aromatic carbocycles. The first-order valence-electron chi connectivity index (χ1n) is 11.2. The Hall–Kier alpha value is -2.52. The molecule has 10 heteroatoms. The number of unbranched alkanes of at least 4 members (excludes halogenated alkanes) is 2. The molecular formula is C24H38F3NO6. The van der Waals surface area contributed by atoms with E-state index in [4.69, 9.17) is 14.2 Å². The first kappa shape index (κ1) is 31.5. The normalized spacial score (nSPS) is 14.6. The second kappa shape index (κ2) is 14.0. The minimum atomic E-state index is -5.10. The number of amides is 1. The van der Waals surface area contributed by atoms with E-state index in [-0.39, 0.29) is 6.42 Å². The Balaban J connectivity index is 4.69. The number of allylic oxidation sites excluding steroid dienone is 2. The van der Waals surface area contributed by atoms with Crippen molar-refractivity contribution in [3.8, 4) is 0 Å². The first-order chi connectivity index (χ1) is 15.4. The minimum Gasteiger partial charge on any atom is -0.458 e. The number of carbonyl (C=O) groups excluding carboxylic acids is 3. The number of carbonyl (C=O) groups is 3. The fourth-order valence-electron chi connectivity index (χ4n) is 2.59. The van der Waals surface area contributed by atoms with E-state index in [2.05, 4.69) is 0 Å². The fourth-order valence-corrected chi connectivity index (χ4v) is 2.59. The van der Waals surface area contributed by atoms with Gasteiger partial charge in [0.25, 0.3) is 0 Å². The van der Waals surface area contributed by atoms with E-state index in [1.54, 1.807) is 65.1 Å². The molecule has 0 saturated carbocycles. The molecule has 0 aliphatic rings. The average Bonchev–Trinajstić information content (AvgIpc) is 2.62. The molecule has 2 atom stereocenters. The zero-order valence-corrected chi connectivity index (χ0v) is 21.1. The number of rotatable bonds is 11. The van der Waals surface area contributed by atoms with Crippen LogP contribution < -0.4 is 5.32 Å². The van der Waals surface area contributed by atoms with Gasteiger partial charge < -0.3 is 19.5 Å². The number of hydrogen-bond donors (Lipinski definition) is 1. The van der Waals surface area contributed by atoms with Gasteiger partial charge in [-0.1, -0.05) is 18.2 Å². The van der Waals surface area contributed by atoms with Crippen molar-refractivity contribution in [2.45, 2.75) is 110 Å². The Bertz CT molecular complexity index is 718. The summed E-state index contributed by atoms with van der Waals surface area (Å²) in [4.78, 5) is 35.3. The van der Waals surface area contributed by atoms with Crippen LogP contribution in [-0.2, 0) is 23.8 Å². The molecule has 0 radical (unpaired) electrons. The van der Waals surface area contributed by atoms with Crippen molar-refractivity contribution < 1.29 is 41.8 Å². The Morgan fingerprint density at radius 2 is 1.50 bits per heavy atom. The topological polar surface area (TPSA) is 90.9 Å². The molecule has 0 fully saturated rings.